The number of aliphatic hydroxyl groups excluding tert-OH is 1. The van der Waals surface area contributed by atoms with E-state index in [2.05, 4.69) is 15.3 Å². The van der Waals surface area contributed by atoms with E-state index < -0.39 is 0 Å². The molecule has 1 saturated heterocycles. The number of hydrogen-bond acceptors (Lipinski definition) is 4. The van der Waals surface area contributed by atoms with Crippen molar-refractivity contribution in [1.29, 1.82) is 0 Å². The van der Waals surface area contributed by atoms with Gasteiger partial charge < -0.3 is 5.11 Å². The van der Waals surface area contributed by atoms with Gasteiger partial charge in [0, 0.05) is 24.2 Å². The second-order valence-corrected chi connectivity index (χ2v) is 4.90. The summed E-state index contributed by atoms with van der Waals surface area (Å²) in [6.07, 6.45) is 1.13. The Bertz CT molecular complexity index is 300. The molecule has 1 aromatic rings. The summed E-state index contributed by atoms with van der Waals surface area (Å²) in [7, 11) is 0. The van der Waals surface area contributed by atoms with Crippen molar-refractivity contribution in [2.24, 2.45) is 5.92 Å². The van der Waals surface area contributed by atoms with Crippen molar-refractivity contribution in [2.45, 2.75) is 19.9 Å². The Morgan fingerprint density at radius 2 is 2.57 bits per heavy atom. The van der Waals surface area contributed by atoms with E-state index in [1.54, 1.807) is 11.3 Å². The van der Waals surface area contributed by atoms with Crippen molar-refractivity contribution in [3.8, 4) is 0 Å². The Kier molecular flexibility index (Phi) is 3.15. The van der Waals surface area contributed by atoms with Crippen molar-refractivity contribution < 1.29 is 5.11 Å². The van der Waals surface area contributed by atoms with Crippen LogP contribution in [0.25, 0.3) is 0 Å². The summed E-state index contributed by atoms with van der Waals surface area (Å²) in [6, 6.07) is 0. The standard InChI is InChI=1S/C10H16N2OS/c1-8-7-14-10(11-8)5-12-3-2-9(4-12)6-13/h7,9,13H,2-6H2,1H3. The molecule has 1 atom stereocenters. The summed E-state index contributed by atoms with van der Waals surface area (Å²) in [4.78, 5) is 6.81. The summed E-state index contributed by atoms with van der Waals surface area (Å²) in [5.74, 6) is 0.482. The fourth-order valence-corrected chi connectivity index (χ4v) is 2.69. The SMILES string of the molecule is Cc1csc(CN2CCC(CO)C2)n1. The Balaban J connectivity index is 1.87. The molecule has 2 rings (SSSR count). The second-order valence-electron chi connectivity index (χ2n) is 3.96. The molecular formula is C10H16N2OS. The maximum atomic E-state index is 9.01. The molecule has 0 spiro atoms. The summed E-state index contributed by atoms with van der Waals surface area (Å²) in [6.45, 7) is 5.43. The number of aliphatic hydroxyl groups is 1. The second kappa shape index (κ2) is 4.38. The average molecular weight is 212 g/mol. The molecule has 0 saturated carbocycles. The number of aromatic nitrogens is 1. The van der Waals surface area contributed by atoms with Crippen LogP contribution in [-0.2, 0) is 6.54 Å². The first kappa shape index (κ1) is 10.1. The van der Waals surface area contributed by atoms with Gasteiger partial charge in [-0.2, -0.15) is 0 Å². The maximum absolute atomic E-state index is 9.01. The Morgan fingerprint density at radius 1 is 1.71 bits per heavy atom. The molecule has 1 aliphatic rings. The zero-order chi connectivity index (χ0) is 9.97. The molecule has 1 aromatic heterocycles. The molecular weight excluding hydrogens is 196 g/mol. The number of aryl methyl sites for hydroxylation is 1. The van der Waals surface area contributed by atoms with Crippen LogP contribution in [-0.4, -0.2) is 34.7 Å². The topological polar surface area (TPSA) is 36.4 Å². The first-order chi connectivity index (χ1) is 6.78. The highest BCUT2D eigenvalue weighted by molar-refractivity contribution is 7.09. The fourth-order valence-electron chi connectivity index (χ4n) is 1.87. The molecule has 1 unspecified atom stereocenters. The van der Waals surface area contributed by atoms with Crippen molar-refractivity contribution in [1.82, 2.24) is 9.88 Å². The molecule has 4 heteroatoms. The number of likely N-dealkylation sites (tertiary alicyclic amines) is 1. The lowest BCUT2D eigenvalue weighted by Crippen LogP contribution is -2.20. The Labute approximate surface area is 88.4 Å². The number of thiazole rings is 1. The van der Waals surface area contributed by atoms with Crippen LogP contribution in [0.15, 0.2) is 5.38 Å². The van der Waals surface area contributed by atoms with E-state index in [4.69, 9.17) is 5.11 Å². The van der Waals surface area contributed by atoms with Gasteiger partial charge in [-0.05, 0) is 25.8 Å². The summed E-state index contributed by atoms with van der Waals surface area (Å²) >= 11 is 1.73. The minimum absolute atomic E-state index is 0.327. The van der Waals surface area contributed by atoms with Crippen LogP contribution in [0.3, 0.4) is 0 Å². The zero-order valence-corrected chi connectivity index (χ0v) is 9.26. The van der Waals surface area contributed by atoms with Crippen LogP contribution in [0.5, 0.6) is 0 Å². The summed E-state index contributed by atoms with van der Waals surface area (Å²) in [5, 5.41) is 12.3. The van der Waals surface area contributed by atoms with Gasteiger partial charge in [0.2, 0.25) is 0 Å². The van der Waals surface area contributed by atoms with Crippen LogP contribution < -0.4 is 0 Å². The average Bonchev–Trinajstić information content (AvgIpc) is 2.76. The summed E-state index contributed by atoms with van der Waals surface area (Å²) < 4.78 is 0. The third-order valence-electron chi connectivity index (χ3n) is 2.65. The monoisotopic (exact) mass is 212 g/mol. The van der Waals surface area contributed by atoms with E-state index in [0.29, 0.717) is 12.5 Å². The van der Waals surface area contributed by atoms with Crippen LogP contribution in [0.4, 0.5) is 0 Å². The van der Waals surface area contributed by atoms with Gasteiger partial charge in [-0.15, -0.1) is 11.3 Å². The molecule has 2 heterocycles. The molecule has 78 valence electrons. The lowest BCUT2D eigenvalue weighted by Gasteiger charge is -2.12. The lowest BCUT2D eigenvalue weighted by molar-refractivity contribution is 0.220. The molecule has 1 aliphatic heterocycles. The quantitative estimate of drug-likeness (QED) is 0.819. The van der Waals surface area contributed by atoms with Crippen molar-refractivity contribution in [3.63, 3.8) is 0 Å². The largest absolute Gasteiger partial charge is 0.396 e. The predicted octanol–water partition coefficient (Wildman–Crippen LogP) is 1.27. The van der Waals surface area contributed by atoms with Gasteiger partial charge >= 0.3 is 0 Å². The van der Waals surface area contributed by atoms with E-state index in [9.17, 15) is 0 Å². The third kappa shape index (κ3) is 2.32. The van der Waals surface area contributed by atoms with Crippen molar-refractivity contribution >= 4 is 11.3 Å². The van der Waals surface area contributed by atoms with Gasteiger partial charge in [0.25, 0.3) is 0 Å². The smallest absolute Gasteiger partial charge is 0.107 e. The van der Waals surface area contributed by atoms with E-state index in [1.165, 1.54) is 5.01 Å². The minimum atomic E-state index is 0.327. The first-order valence-corrected chi connectivity index (χ1v) is 5.90. The van der Waals surface area contributed by atoms with E-state index in [-0.39, 0.29) is 0 Å². The number of hydrogen-bond donors (Lipinski definition) is 1. The van der Waals surface area contributed by atoms with Gasteiger partial charge in [-0.1, -0.05) is 0 Å². The zero-order valence-electron chi connectivity index (χ0n) is 8.44. The molecule has 1 N–H and O–H groups in total. The van der Waals surface area contributed by atoms with Gasteiger partial charge in [-0.25, -0.2) is 4.98 Å². The molecule has 0 amide bonds. The predicted molar refractivity (Wildman–Crippen MR) is 57.3 cm³/mol. The van der Waals surface area contributed by atoms with Crippen LogP contribution in [0.2, 0.25) is 0 Å². The van der Waals surface area contributed by atoms with Gasteiger partial charge in [0.15, 0.2) is 0 Å². The molecule has 3 nitrogen and oxygen atoms in total. The molecule has 0 aliphatic carbocycles. The lowest BCUT2D eigenvalue weighted by atomic mass is 10.1. The first-order valence-electron chi connectivity index (χ1n) is 5.02. The van der Waals surface area contributed by atoms with Crippen LogP contribution in [0.1, 0.15) is 17.1 Å². The van der Waals surface area contributed by atoms with Crippen molar-refractivity contribution in [2.75, 3.05) is 19.7 Å². The maximum Gasteiger partial charge on any atom is 0.107 e. The van der Waals surface area contributed by atoms with Gasteiger partial charge in [0.1, 0.15) is 5.01 Å². The summed E-state index contributed by atoms with van der Waals surface area (Å²) in [5.41, 5.74) is 1.11. The van der Waals surface area contributed by atoms with E-state index in [0.717, 1.165) is 31.7 Å². The third-order valence-corrected chi connectivity index (χ3v) is 3.61. The molecule has 0 bridgehead atoms. The highest BCUT2D eigenvalue weighted by Crippen LogP contribution is 2.19. The molecule has 0 radical (unpaired) electrons. The number of nitrogens with zero attached hydrogens (tertiary/aromatic N) is 2. The Morgan fingerprint density at radius 3 is 3.14 bits per heavy atom. The molecule has 14 heavy (non-hydrogen) atoms. The highest BCUT2D eigenvalue weighted by atomic mass is 32.1. The normalized spacial score (nSPS) is 23.1. The fraction of sp³-hybridized carbons (Fsp3) is 0.700. The van der Waals surface area contributed by atoms with Crippen LogP contribution in [0, 0.1) is 12.8 Å². The van der Waals surface area contributed by atoms with E-state index >= 15 is 0 Å². The van der Waals surface area contributed by atoms with Crippen LogP contribution >= 0.6 is 11.3 Å². The highest BCUT2D eigenvalue weighted by Gasteiger charge is 2.22. The van der Waals surface area contributed by atoms with Gasteiger partial charge in [0.05, 0.1) is 6.54 Å². The van der Waals surface area contributed by atoms with Gasteiger partial charge in [-0.3, -0.25) is 4.90 Å². The Hall–Kier alpha value is -0.450. The van der Waals surface area contributed by atoms with Crippen molar-refractivity contribution in [3.05, 3.63) is 16.1 Å². The number of rotatable bonds is 3. The minimum Gasteiger partial charge on any atom is -0.396 e. The molecule has 0 aromatic carbocycles. The molecule has 1 fully saturated rings. The van der Waals surface area contributed by atoms with E-state index in [1.807, 2.05) is 6.92 Å².